The summed E-state index contributed by atoms with van der Waals surface area (Å²) in [5, 5.41) is 6.97. The Bertz CT molecular complexity index is 598. The van der Waals surface area contributed by atoms with Crippen molar-refractivity contribution in [3.8, 4) is 5.75 Å². The topological polar surface area (TPSA) is 46.5 Å². The van der Waals surface area contributed by atoms with Crippen LogP contribution in [0.3, 0.4) is 0 Å². The lowest BCUT2D eigenvalue weighted by Crippen LogP contribution is -1.99. The minimum atomic E-state index is 0.696. The van der Waals surface area contributed by atoms with Gasteiger partial charge in [-0.3, -0.25) is 5.43 Å². The highest BCUT2D eigenvalue weighted by Gasteiger charge is 2.02. The summed E-state index contributed by atoms with van der Waals surface area (Å²) in [6, 6.07) is 5.87. The molecule has 0 amide bonds. The van der Waals surface area contributed by atoms with Crippen LogP contribution in [0.15, 0.2) is 33.2 Å². The Morgan fingerprint density at radius 2 is 2.35 bits per heavy atom. The SMILES string of the molecule is CCCOc1ccc(Br)cc1C=NNc1nc(C)cs1. The van der Waals surface area contributed by atoms with E-state index in [1.165, 1.54) is 11.3 Å². The monoisotopic (exact) mass is 353 g/mol. The summed E-state index contributed by atoms with van der Waals surface area (Å²) in [7, 11) is 0. The summed E-state index contributed by atoms with van der Waals surface area (Å²) < 4.78 is 6.69. The Morgan fingerprint density at radius 3 is 3.05 bits per heavy atom. The molecule has 106 valence electrons. The number of rotatable bonds is 6. The number of hydrogen-bond donors (Lipinski definition) is 1. The molecule has 1 aromatic heterocycles. The van der Waals surface area contributed by atoms with Crippen LogP contribution in [0, 0.1) is 6.92 Å². The van der Waals surface area contributed by atoms with Crippen molar-refractivity contribution in [2.45, 2.75) is 20.3 Å². The highest BCUT2D eigenvalue weighted by atomic mass is 79.9. The molecule has 0 radical (unpaired) electrons. The summed E-state index contributed by atoms with van der Waals surface area (Å²) in [6.45, 7) is 4.73. The van der Waals surface area contributed by atoms with E-state index >= 15 is 0 Å². The van der Waals surface area contributed by atoms with Crippen LogP contribution in [-0.2, 0) is 0 Å². The van der Waals surface area contributed by atoms with Gasteiger partial charge in [0.05, 0.1) is 18.5 Å². The lowest BCUT2D eigenvalue weighted by atomic mass is 10.2. The maximum atomic E-state index is 5.70. The van der Waals surface area contributed by atoms with Crippen molar-refractivity contribution >= 4 is 38.6 Å². The molecule has 20 heavy (non-hydrogen) atoms. The zero-order valence-corrected chi connectivity index (χ0v) is 13.8. The fourth-order valence-corrected chi connectivity index (χ4v) is 2.54. The van der Waals surface area contributed by atoms with Crippen molar-refractivity contribution in [2.75, 3.05) is 12.0 Å². The molecule has 2 aromatic rings. The molecule has 0 saturated carbocycles. The van der Waals surface area contributed by atoms with E-state index in [-0.39, 0.29) is 0 Å². The van der Waals surface area contributed by atoms with Gasteiger partial charge in [0.15, 0.2) is 0 Å². The first-order chi connectivity index (χ1) is 9.69. The molecule has 0 fully saturated rings. The predicted molar refractivity (Wildman–Crippen MR) is 88.0 cm³/mol. The lowest BCUT2D eigenvalue weighted by Gasteiger charge is -2.08. The van der Waals surface area contributed by atoms with Crippen molar-refractivity contribution in [1.29, 1.82) is 0 Å². The Hall–Kier alpha value is -1.40. The Kier molecular flexibility index (Phi) is 5.55. The molecule has 4 nitrogen and oxygen atoms in total. The number of aryl methyl sites for hydroxylation is 1. The molecule has 6 heteroatoms. The molecule has 0 aliphatic carbocycles. The molecule has 2 rings (SSSR count). The van der Waals surface area contributed by atoms with E-state index in [1.54, 1.807) is 6.21 Å². The number of hydrazone groups is 1. The van der Waals surface area contributed by atoms with Gasteiger partial charge in [0.2, 0.25) is 5.13 Å². The number of aromatic nitrogens is 1. The average Bonchev–Trinajstić information content (AvgIpc) is 2.84. The number of benzene rings is 1. The van der Waals surface area contributed by atoms with Crippen molar-refractivity contribution in [2.24, 2.45) is 5.10 Å². The Balaban J connectivity index is 2.08. The molecule has 0 atom stereocenters. The van der Waals surface area contributed by atoms with Crippen molar-refractivity contribution < 1.29 is 4.74 Å². The van der Waals surface area contributed by atoms with E-state index in [4.69, 9.17) is 4.74 Å². The van der Waals surface area contributed by atoms with Crippen LogP contribution in [0.5, 0.6) is 5.75 Å². The van der Waals surface area contributed by atoms with Gasteiger partial charge in [-0.1, -0.05) is 22.9 Å². The normalized spacial score (nSPS) is 10.9. The van der Waals surface area contributed by atoms with Gasteiger partial charge in [-0.15, -0.1) is 11.3 Å². The van der Waals surface area contributed by atoms with E-state index in [0.29, 0.717) is 6.61 Å². The second-order valence-corrected chi connectivity index (χ2v) is 5.97. The number of thiazole rings is 1. The molecular formula is C14H16BrN3OS. The maximum absolute atomic E-state index is 5.70. The van der Waals surface area contributed by atoms with Gasteiger partial charge in [0, 0.05) is 15.4 Å². The highest BCUT2D eigenvalue weighted by molar-refractivity contribution is 9.10. The van der Waals surface area contributed by atoms with Crippen LogP contribution in [0.2, 0.25) is 0 Å². The molecule has 0 aliphatic heterocycles. The van der Waals surface area contributed by atoms with Gasteiger partial charge in [-0.05, 0) is 31.5 Å². The fraction of sp³-hybridized carbons (Fsp3) is 0.286. The number of halogens is 1. The van der Waals surface area contributed by atoms with E-state index in [2.05, 4.69) is 38.4 Å². The van der Waals surface area contributed by atoms with E-state index in [9.17, 15) is 0 Å². The molecule has 1 N–H and O–H groups in total. The average molecular weight is 354 g/mol. The second-order valence-electron chi connectivity index (χ2n) is 4.19. The third kappa shape index (κ3) is 4.31. The smallest absolute Gasteiger partial charge is 0.203 e. The quantitative estimate of drug-likeness (QED) is 0.616. The largest absolute Gasteiger partial charge is 0.493 e. The van der Waals surface area contributed by atoms with Crippen molar-refractivity contribution in [3.05, 3.63) is 39.3 Å². The first-order valence-electron chi connectivity index (χ1n) is 6.32. The minimum Gasteiger partial charge on any atom is -0.493 e. The summed E-state index contributed by atoms with van der Waals surface area (Å²) in [5.41, 5.74) is 4.84. The molecule has 0 aliphatic rings. The number of anilines is 1. The van der Waals surface area contributed by atoms with Crippen LogP contribution < -0.4 is 10.2 Å². The highest BCUT2D eigenvalue weighted by Crippen LogP contribution is 2.22. The zero-order valence-electron chi connectivity index (χ0n) is 11.4. The minimum absolute atomic E-state index is 0.696. The molecule has 0 saturated heterocycles. The zero-order chi connectivity index (χ0) is 14.4. The third-order valence-corrected chi connectivity index (χ3v) is 3.77. The van der Waals surface area contributed by atoms with Gasteiger partial charge >= 0.3 is 0 Å². The predicted octanol–water partition coefficient (Wildman–Crippen LogP) is 4.45. The van der Waals surface area contributed by atoms with Gasteiger partial charge in [-0.2, -0.15) is 5.10 Å². The fourth-order valence-electron chi connectivity index (χ4n) is 1.53. The molecule has 0 bridgehead atoms. The van der Waals surface area contributed by atoms with Crippen molar-refractivity contribution in [3.63, 3.8) is 0 Å². The van der Waals surface area contributed by atoms with Crippen LogP contribution in [0.1, 0.15) is 24.6 Å². The number of nitrogens with one attached hydrogen (secondary N) is 1. The summed E-state index contributed by atoms with van der Waals surface area (Å²) >= 11 is 4.99. The van der Waals surface area contributed by atoms with Crippen LogP contribution >= 0.6 is 27.3 Å². The summed E-state index contributed by atoms with van der Waals surface area (Å²) in [6.07, 6.45) is 2.72. The van der Waals surface area contributed by atoms with E-state index in [0.717, 1.165) is 33.0 Å². The van der Waals surface area contributed by atoms with Crippen LogP contribution in [0.4, 0.5) is 5.13 Å². The van der Waals surface area contributed by atoms with E-state index < -0.39 is 0 Å². The second kappa shape index (κ2) is 7.40. The number of nitrogens with zero attached hydrogens (tertiary/aromatic N) is 2. The van der Waals surface area contributed by atoms with Gasteiger partial charge in [0.25, 0.3) is 0 Å². The molecular weight excluding hydrogens is 338 g/mol. The van der Waals surface area contributed by atoms with Crippen LogP contribution in [0.25, 0.3) is 0 Å². The number of ether oxygens (including phenoxy) is 1. The molecule has 0 unspecified atom stereocenters. The van der Waals surface area contributed by atoms with Gasteiger partial charge in [0.1, 0.15) is 5.75 Å². The van der Waals surface area contributed by atoms with Crippen LogP contribution in [-0.4, -0.2) is 17.8 Å². The van der Waals surface area contributed by atoms with Gasteiger partial charge in [-0.25, -0.2) is 4.98 Å². The number of hydrogen-bond acceptors (Lipinski definition) is 5. The summed E-state index contributed by atoms with van der Waals surface area (Å²) in [5.74, 6) is 0.830. The van der Waals surface area contributed by atoms with Crippen molar-refractivity contribution in [1.82, 2.24) is 4.98 Å². The summed E-state index contributed by atoms with van der Waals surface area (Å²) in [4.78, 5) is 4.28. The van der Waals surface area contributed by atoms with E-state index in [1.807, 2.05) is 30.5 Å². The molecule has 0 spiro atoms. The Labute approximate surface area is 131 Å². The molecule has 1 aromatic carbocycles. The lowest BCUT2D eigenvalue weighted by molar-refractivity contribution is 0.317. The maximum Gasteiger partial charge on any atom is 0.203 e. The first kappa shape index (κ1) is 15.0. The first-order valence-corrected chi connectivity index (χ1v) is 8.00. The van der Waals surface area contributed by atoms with Gasteiger partial charge < -0.3 is 4.74 Å². The molecule has 1 heterocycles. The third-order valence-electron chi connectivity index (χ3n) is 2.42. The Morgan fingerprint density at radius 1 is 1.50 bits per heavy atom. The standard InChI is InChI=1S/C14H16BrN3OS/c1-3-6-19-13-5-4-12(15)7-11(13)8-16-18-14-17-10(2)9-20-14/h4-5,7-9H,3,6H2,1-2H3,(H,17,18).